The highest BCUT2D eigenvalue weighted by molar-refractivity contribution is 9.08. The van der Waals surface area contributed by atoms with Gasteiger partial charge in [0.15, 0.2) is 5.82 Å². The highest BCUT2D eigenvalue weighted by Crippen LogP contribution is 2.32. The van der Waals surface area contributed by atoms with Crippen molar-refractivity contribution < 1.29 is 0 Å². The Morgan fingerprint density at radius 3 is 2.59 bits per heavy atom. The normalized spacial score (nSPS) is 11.2. The van der Waals surface area contributed by atoms with E-state index in [-0.39, 0.29) is 0 Å². The first kappa shape index (κ1) is 10.9. The van der Waals surface area contributed by atoms with Crippen LogP contribution in [0.5, 0.6) is 0 Å². The number of fused-ring (bicyclic) bond motifs is 1. The van der Waals surface area contributed by atoms with Crippen molar-refractivity contribution in [3.05, 3.63) is 35.0 Å². The molecule has 86 valence electrons. The molecular weight excluding hydrogens is 298 g/mol. The van der Waals surface area contributed by atoms with E-state index < -0.39 is 0 Å². The van der Waals surface area contributed by atoms with Gasteiger partial charge in [0.1, 0.15) is 0 Å². The van der Waals surface area contributed by atoms with Gasteiger partial charge in [0.05, 0.1) is 42.8 Å². The second-order valence-corrected chi connectivity index (χ2v) is 5.76. The summed E-state index contributed by atoms with van der Waals surface area (Å²) in [4.78, 5) is 10.2. The maximum atomic E-state index is 4.64. The summed E-state index contributed by atoms with van der Waals surface area (Å²) < 4.78 is 1.95. The fourth-order valence-corrected chi connectivity index (χ4v) is 3.45. The molecule has 0 atom stereocenters. The zero-order valence-corrected chi connectivity index (χ0v) is 11.8. The summed E-state index contributed by atoms with van der Waals surface area (Å²) in [5.74, 6) is 0.925. The Labute approximate surface area is 111 Å². The van der Waals surface area contributed by atoms with E-state index in [4.69, 9.17) is 0 Å². The molecule has 3 rings (SSSR count). The van der Waals surface area contributed by atoms with Gasteiger partial charge in [-0.1, -0.05) is 12.1 Å². The molecule has 0 saturated heterocycles. The molecule has 0 aliphatic carbocycles. The first-order valence-corrected chi connectivity index (χ1v) is 6.77. The molecular formula is C12H10BrN3S. The SMILES string of the molecule is Cc1nc(C)c(-c2nc3ccccc3n2Br)s1. The molecule has 2 aromatic heterocycles. The minimum atomic E-state index is 0.925. The maximum Gasteiger partial charge on any atom is 0.163 e. The highest BCUT2D eigenvalue weighted by atomic mass is 79.9. The Morgan fingerprint density at radius 2 is 1.94 bits per heavy atom. The summed E-state index contributed by atoms with van der Waals surface area (Å²) in [5, 5.41) is 1.07. The Kier molecular flexibility index (Phi) is 2.52. The zero-order chi connectivity index (χ0) is 12.0. The van der Waals surface area contributed by atoms with Crippen molar-refractivity contribution in [2.45, 2.75) is 13.8 Å². The lowest BCUT2D eigenvalue weighted by Gasteiger charge is -1.97. The first-order chi connectivity index (χ1) is 8.16. The number of aromatic nitrogens is 3. The van der Waals surface area contributed by atoms with Crippen molar-refractivity contribution in [2.24, 2.45) is 0 Å². The minimum absolute atomic E-state index is 0.925. The predicted molar refractivity (Wildman–Crippen MR) is 74.6 cm³/mol. The molecule has 0 aliphatic rings. The summed E-state index contributed by atoms with van der Waals surface area (Å²) in [6.07, 6.45) is 0. The molecule has 17 heavy (non-hydrogen) atoms. The standard InChI is InChI=1S/C12H10BrN3S/c1-7-11(17-8(2)14-7)12-15-9-5-3-4-6-10(9)16(12)13/h3-6H,1-2H3. The number of aryl methyl sites for hydroxylation is 2. The topological polar surface area (TPSA) is 30.7 Å². The van der Waals surface area contributed by atoms with Crippen LogP contribution in [0.25, 0.3) is 21.7 Å². The monoisotopic (exact) mass is 307 g/mol. The van der Waals surface area contributed by atoms with Gasteiger partial charge in [0.25, 0.3) is 0 Å². The summed E-state index contributed by atoms with van der Waals surface area (Å²) in [7, 11) is 0. The van der Waals surface area contributed by atoms with E-state index in [2.05, 4.69) is 26.1 Å². The quantitative estimate of drug-likeness (QED) is 0.682. The van der Waals surface area contributed by atoms with Gasteiger partial charge < -0.3 is 0 Å². The number of thiazole rings is 1. The van der Waals surface area contributed by atoms with Crippen LogP contribution in [0.3, 0.4) is 0 Å². The van der Waals surface area contributed by atoms with E-state index in [1.807, 2.05) is 41.7 Å². The smallest absolute Gasteiger partial charge is 0.163 e. The Hall–Kier alpha value is -1.20. The van der Waals surface area contributed by atoms with E-state index in [0.717, 1.165) is 32.4 Å². The summed E-state index contributed by atoms with van der Waals surface area (Å²) in [5.41, 5.74) is 3.10. The fourth-order valence-electron chi connectivity index (χ4n) is 1.88. The molecule has 0 spiro atoms. The molecule has 0 N–H and O–H groups in total. The Balaban J connectivity index is 2.31. The van der Waals surface area contributed by atoms with Crippen LogP contribution < -0.4 is 0 Å². The van der Waals surface area contributed by atoms with Crippen molar-refractivity contribution in [1.29, 1.82) is 0 Å². The molecule has 3 aromatic rings. The first-order valence-electron chi connectivity index (χ1n) is 5.25. The largest absolute Gasteiger partial charge is 0.257 e. The second-order valence-electron chi connectivity index (χ2n) is 3.85. The Bertz CT molecular complexity index is 699. The number of halogens is 1. The summed E-state index contributed by atoms with van der Waals surface area (Å²) in [6, 6.07) is 8.07. The third-order valence-electron chi connectivity index (χ3n) is 2.61. The Morgan fingerprint density at radius 1 is 1.18 bits per heavy atom. The molecule has 0 saturated carbocycles. The van der Waals surface area contributed by atoms with Gasteiger partial charge in [0.2, 0.25) is 0 Å². The molecule has 0 amide bonds. The number of benzene rings is 1. The van der Waals surface area contributed by atoms with Gasteiger partial charge in [-0.05, 0) is 26.0 Å². The lowest BCUT2D eigenvalue weighted by Crippen LogP contribution is -1.85. The van der Waals surface area contributed by atoms with Crippen molar-refractivity contribution in [3.63, 3.8) is 0 Å². The van der Waals surface area contributed by atoms with Crippen molar-refractivity contribution in [3.8, 4) is 10.7 Å². The van der Waals surface area contributed by atoms with Crippen LogP contribution in [0.2, 0.25) is 0 Å². The van der Waals surface area contributed by atoms with E-state index in [1.54, 1.807) is 11.3 Å². The van der Waals surface area contributed by atoms with Gasteiger partial charge >= 0.3 is 0 Å². The predicted octanol–water partition coefficient (Wildman–Crippen LogP) is 3.93. The third-order valence-corrected chi connectivity index (χ3v) is 4.40. The molecule has 0 bridgehead atoms. The van der Waals surface area contributed by atoms with Crippen LogP contribution in [0, 0.1) is 13.8 Å². The van der Waals surface area contributed by atoms with E-state index in [0.29, 0.717) is 0 Å². The second kappa shape index (κ2) is 3.92. The van der Waals surface area contributed by atoms with E-state index >= 15 is 0 Å². The molecule has 2 heterocycles. The molecule has 1 aromatic carbocycles. The number of hydrogen-bond acceptors (Lipinski definition) is 3. The lowest BCUT2D eigenvalue weighted by molar-refractivity contribution is 1.19. The van der Waals surface area contributed by atoms with Crippen LogP contribution in [0.15, 0.2) is 24.3 Å². The highest BCUT2D eigenvalue weighted by Gasteiger charge is 2.15. The molecule has 0 aliphatic heterocycles. The van der Waals surface area contributed by atoms with Gasteiger partial charge in [-0.2, -0.15) is 0 Å². The maximum absolute atomic E-state index is 4.64. The van der Waals surface area contributed by atoms with Gasteiger partial charge in [-0.25, -0.2) is 9.97 Å². The lowest BCUT2D eigenvalue weighted by atomic mass is 10.3. The van der Waals surface area contributed by atoms with Gasteiger partial charge in [-0.3, -0.25) is 3.59 Å². The van der Waals surface area contributed by atoms with Crippen LogP contribution in [0.1, 0.15) is 10.7 Å². The number of imidazole rings is 1. The third kappa shape index (κ3) is 1.70. The number of para-hydroxylation sites is 2. The van der Waals surface area contributed by atoms with Crippen LogP contribution in [0.4, 0.5) is 0 Å². The van der Waals surface area contributed by atoms with Crippen molar-refractivity contribution in [2.75, 3.05) is 0 Å². The summed E-state index contributed by atoms with van der Waals surface area (Å²) in [6.45, 7) is 4.04. The summed E-state index contributed by atoms with van der Waals surface area (Å²) >= 11 is 5.24. The number of hydrogen-bond donors (Lipinski definition) is 0. The van der Waals surface area contributed by atoms with E-state index in [9.17, 15) is 0 Å². The molecule has 0 unspecified atom stereocenters. The van der Waals surface area contributed by atoms with Crippen LogP contribution in [-0.4, -0.2) is 13.6 Å². The van der Waals surface area contributed by atoms with Crippen LogP contribution >= 0.6 is 27.5 Å². The number of rotatable bonds is 1. The average molecular weight is 308 g/mol. The van der Waals surface area contributed by atoms with E-state index in [1.165, 1.54) is 0 Å². The average Bonchev–Trinajstić information content (AvgIpc) is 2.80. The zero-order valence-electron chi connectivity index (χ0n) is 9.44. The minimum Gasteiger partial charge on any atom is -0.257 e. The molecule has 5 heteroatoms. The molecule has 0 radical (unpaired) electrons. The van der Waals surface area contributed by atoms with Gasteiger partial charge in [-0.15, -0.1) is 11.3 Å². The van der Waals surface area contributed by atoms with Crippen molar-refractivity contribution >= 4 is 38.5 Å². The van der Waals surface area contributed by atoms with Crippen LogP contribution in [-0.2, 0) is 0 Å². The van der Waals surface area contributed by atoms with Gasteiger partial charge in [0, 0.05) is 0 Å². The fraction of sp³-hybridized carbons (Fsp3) is 0.167. The van der Waals surface area contributed by atoms with Crippen molar-refractivity contribution in [1.82, 2.24) is 13.6 Å². The molecule has 3 nitrogen and oxygen atoms in total. The number of nitrogens with zero attached hydrogens (tertiary/aromatic N) is 3. The molecule has 0 fully saturated rings.